The van der Waals surface area contributed by atoms with Crippen molar-refractivity contribution in [1.29, 1.82) is 0 Å². The molecule has 0 unspecified atom stereocenters. The quantitative estimate of drug-likeness (QED) is 0.909. The molecule has 0 saturated carbocycles. The van der Waals surface area contributed by atoms with E-state index >= 15 is 0 Å². The molecule has 2 aromatic rings. The van der Waals surface area contributed by atoms with E-state index in [-0.39, 0.29) is 23.4 Å². The zero-order valence-corrected chi connectivity index (χ0v) is 12.8. The average Bonchev–Trinajstić information content (AvgIpc) is 2.74. The summed E-state index contributed by atoms with van der Waals surface area (Å²) in [5.74, 6) is -0.648. The molecule has 0 fully saturated rings. The molecule has 23 heavy (non-hydrogen) atoms. The summed E-state index contributed by atoms with van der Waals surface area (Å²) in [5, 5.41) is 2.55. The molecule has 2 amide bonds. The van der Waals surface area contributed by atoms with Gasteiger partial charge in [0.15, 0.2) is 0 Å². The number of hydrogen-bond acceptors (Lipinski definition) is 5. The van der Waals surface area contributed by atoms with Crippen LogP contribution < -0.4 is 5.32 Å². The number of anilines is 1. The van der Waals surface area contributed by atoms with Crippen molar-refractivity contribution in [1.82, 2.24) is 9.29 Å². The minimum Gasteiger partial charge on any atom is -0.311 e. The minimum absolute atomic E-state index is 0.0184. The van der Waals surface area contributed by atoms with Crippen LogP contribution in [-0.2, 0) is 14.8 Å². The van der Waals surface area contributed by atoms with Crippen molar-refractivity contribution in [2.75, 3.05) is 11.9 Å². The molecule has 1 aromatic carbocycles. The lowest BCUT2D eigenvalue weighted by atomic mass is 10.2. The number of rotatable bonds is 4. The monoisotopic (exact) mass is 331 g/mol. The molecule has 0 spiro atoms. The van der Waals surface area contributed by atoms with Gasteiger partial charge in [0.25, 0.3) is 15.9 Å². The number of nitrogens with one attached hydrogen (secondary N) is 1. The number of sulfonamides is 1. The molecule has 118 valence electrons. The fraction of sp³-hybridized carbons (Fsp3) is 0.133. The van der Waals surface area contributed by atoms with Gasteiger partial charge in [-0.15, -0.1) is 0 Å². The number of nitrogens with zero attached hydrogens (tertiary/aromatic N) is 2. The Kier molecular flexibility index (Phi) is 3.83. The highest BCUT2D eigenvalue weighted by molar-refractivity contribution is 7.90. The second kappa shape index (κ2) is 5.81. The maximum absolute atomic E-state index is 12.3. The van der Waals surface area contributed by atoms with Crippen molar-refractivity contribution in [2.45, 2.75) is 11.3 Å². The van der Waals surface area contributed by atoms with Gasteiger partial charge in [0.2, 0.25) is 5.91 Å². The van der Waals surface area contributed by atoms with Gasteiger partial charge in [-0.1, -0.05) is 18.2 Å². The zero-order chi connectivity index (χ0) is 16.4. The van der Waals surface area contributed by atoms with Crippen LogP contribution in [0.3, 0.4) is 0 Å². The van der Waals surface area contributed by atoms with Crippen LogP contribution in [0.5, 0.6) is 0 Å². The van der Waals surface area contributed by atoms with Gasteiger partial charge in [0, 0.05) is 19.2 Å². The van der Waals surface area contributed by atoms with Crippen molar-refractivity contribution in [2.24, 2.45) is 0 Å². The predicted molar refractivity (Wildman–Crippen MR) is 82.1 cm³/mol. The van der Waals surface area contributed by atoms with E-state index in [9.17, 15) is 18.0 Å². The van der Waals surface area contributed by atoms with Crippen molar-refractivity contribution in [3.05, 3.63) is 54.2 Å². The summed E-state index contributed by atoms with van der Waals surface area (Å²) in [5.41, 5.74) is 0.137. The Hall–Kier alpha value is -2.74. The number of carbonyl (C=O) groups is 2. The first-order valence-electron chi connectivity index (χ1n) is 6.87. The molecule has 3 rings (SSSR count). The Morgan fingerprint density at radius 2 is 1.87 bits per heavy atom. The zero-order valence-electron chi connectivity index (χ0n) is 12.0. The lowest BCUT2D eigenvalue weighted by Gasteiger charge is -2.14. The molecular formula is C15H13N3O4S. The summed E-state index contributed by atoms with van der Waals surface area (Å²) in [6.45, 7) is -0.214. The van der Waals surface area contributed by atoms with Crippen LogP contribution in [0.15, 0.2) is 53.6 Å². The first-order chi connectivity index (χ1) is 11.0. The van der Waals surface area contributed by atoms with Gasteiger partial charge >= 0.3 is 0 Å². The molecule has 8 heteroatoms. The van der Waals surface area contributed by atoms with Crippen LogP contribution in [0.4, 0.5) is 5.82 Å². The van der Waals surface area contributed by atoms with Crippen LogP contribution in [0.25, 0.3) is 0 Å². The van der Waals surface area contributed by atoms with Crippen LogP contribution in [0.2, 0.25) is 0 Å². The summed E-state index contributed by atoms with van der Waals surface area (Å²) in [6.07, 6.45) is 1.39. The molecule has 7 nitrogen and oxygen atoms in total. The summed E-state index contributed by atoms with van der Waals surface area (Å²) in [4.78, 5) is 28.0. The van der Waals surface area contributed by atoms with E-state index in [0.717, 1.165) is 4.31 Å². The number of carbonyl (C=O) groups excluding carboxylic acids is 2. The van der Waals surface area contributed by atoms with E-state index in [1.165, 1.54) is 18.3 Å². The molecule has 1 N–H and O–H groups in total. The number of benzene rings is 1. The highest BCUT2D eigenvalue weighted by Gasteiger charge is 2.40. The molecule has 0 radical (unpaired) electrons. The lowest BCUT2D eigenvalue weighted by molar-refractivity contribution is -0.116. The smallest absolute Gasteiger partial charge is 0.269 e. The van der Waals surface area contributed by atoms with Crippen molar-refractivity contribution in [3.8, 4) is 0 Å². The van der Waals surface area contributed by atoms with E-state index < -0.39 is 21.8 Å². The Bertz CT molecular complexity index is 865. The van der Waals surface area contributed by atoms with E-state index in [4.69, 9.17) is 0 Å². The van der Waals surface area contributed by atoms with Crippen LogP contribution >= 0.6 is 0 Å². The number of amides is 2. The summed E-state index contributed by atoms with van der Waals surface area (Å²) in [7, 11) is -3.88. The number of aromatic nitrogens is 1. The van der Waals surface area contributed by atoms with Gasteiger partial charge in [-0.2, -0.15) is 0 Å². The highest BCUT2D eigenvalue weighted by atomic mass is 32.2. The number of fused-ring (bicyclic) bond motifs is 1. The van der Waals surface area contributed by atoms with Crippen molar-refractivity contribution in [3.63, 3.8) is 0 Å². The maximum Gasteiger partial charge on any atom is 0.269 e. The van der Waals surface area contributed by atoms with Gasteiger partial charge in [-0.05, 0) is 24.3 Å². The second-order valence-corrected chi connectivity index (χ2v) is 6.72. The third-order valence-corrected chi connectivity index (χ3v) is 5.23. The van der Waals surface area contributed by atoms with Gasteiger partial charge in [0.1, 0.15) is 10.7 Å². The van der Waals surface area contributed by atoms with Crippen LogP contribution in [0, 0.1) is 0 Å². The molecule has 1 aliphatic rings. The van der Waals surface area contributed by atoms with Gasteiger partial charge in [0.05, 0.1) is 5.56 Å². The maximum atomic E-state index is 12.3. The first-order valence-corrected chi connectivity index (χ1v) is 8.31. The van der Waals surface area contributed by atoms with Crippen LogP contribution in [-0.4, -0.2) is 36.1 Å². The molecule has 2 heterocycles. The largest absolute Gasteiger partial charge is 0.311 e. The first kappa shape index (κ1) is 15.2. The SMILES string of the molecule is O=C(CCN1C(=O)c2ccccc2S1(=O)=O)Nc1ccccn1. The minimum atomic E-state index is -3.88. The molecule has 0 aliphatic carbocycles. The molecular weight excluding hydrogens is 318 g/mol. The number of pyridine rings is 1. The van der Waals surface area contributed by atoms with Gasteiger partial charge in [-0.3, -0.25) is 9.59 Å². The second-order valence-electron chi connectivity index (χ2n) is 4.89. The van der Waals surface area contributed by atoms with Crippen molar-refractivity contribution >= 4 is 27.7 Å². The Morgan fingerprint density at radius 1 is 1.13 bits per heavy atom. The molecule has 0 bridgehead atoms. The van der Waals surface area contributed by atoms with Gasteiger partial charge in [-0.25, -0.2) is 17.7 Å². The fourth-order valence-electron chi connectivity index (χ4n) is 2.30. The van der Waals surface area contributed by atoms with E-state index in [2.05, 4.69) is 10.3 Å². The van der Waals surface area contributed by atoms with E-state index in [1.807, 2.05) is 0 Å². The Morgan fingerprint density at radius 3 is 2.57 bits per heavy atom. The molecule has 0 atom stereocenters. The predicted octanol–water partition coefficient (Wildman–Crippen LogP) is 1.25. The van der Waals surface area contributed by atoms with E-state index in [1.54, 1.807) is 30.3 Å². The summed E-state index contributed by atoms with van der Waals surface area (Å²) < 4.78 is 25.4. The normalized spacial score (nSPS) is 15.3. The third-order valence-electron chi connectivity index (χ3n) is 3.39. The average molecular weight is 331 g/mol. The summed E-state index contributed by atoms with van der Waals surface area (Å²) >= 11 is 0. The molecule has 0 saturated heterocycles. The van der Waals surface area contributed by atoms with Crippen molar-refractivity contribution < 1.29 is 18.0 Å². The topological polar surface area (TPSA) is 96.4 Å². The Labute approximate surface area is 133 Å². The lowest BCUT2D eigenvalue weighted by Crippen LogP contribution is -2.33. The van der Waals surface area contributed by atoms with Crippen LogP contribution in [0.1, 0.15) is 16.8 Å². The Balaban J connectivity index is 1.70. The molecule has 1 aliphatic heterocycles. The van der Waals surface area contributed by atoms with E-state index in [0.29, 0.717) is 5.82 Å². The fourth-order valence-corrected chi connectivity index (χ4v) is 3.87. The third kappa shape index (κ3) is 2.80. The standard InChI is InChI=1S/C15H13N3O4S/c19-14(17-13-7-3-4-9-16-13)8-10-18-15(20)11-5-1-2-6-12(11)23(18,21)22/h1-7,9H,8,10H2,(H,16,17,19). The number of hydrogen-bond donors (Lipinski definition) is 1. The molecule has 1 aromatic heterocycles. The summed E-state index contributed by atoms with van der Waals surface area (Å²) in [6, 6.07) is 11.0. The highest BCUT2D eigenvalue weighted by Crippen LogP contribution is 2.29. The van der Waals surface area contributed by atoms with Gasteiger partial charge < -0.3 is 5.32 Å².